The zero-order valence-electron chi connectivity index (χ0n) is 8.62. The molecule has 1 aliphatic rings. The van der Waals surface area contributed by atoms with Crippen LogP contribution in [0.15, 0.2) is 12.3 Å². The van der Waals surface area contributed by atoms with E-state index in [4.69, 9.17) is 5.73 Å². The van der Waals surface area contributed by atoms with E-state index in [1.165, 1.54) is 0 Å². The third-order valence-corrected chi connectivity index (χ3v) is 2.95. The largest absolute Gasteiger partial charge is 0.349 e. The lowest BCUT2D eigenvalue weighted by molar-refractivity contribution is -0.126. The molecule has 0 atom stereocenters. The van der Waals surface area contributed by atoms with Crippen molar-refractivity contribution in [3.05, 3.63) is 18.0 Å². The van der Waals surface area contributed by atoms with E-state index in [2.05, 4.69) is 15.5 Å². The Hall–Kier alpha value is -1.36. The summed E-state index contributed by atoms with van der Waals surface area (Å²) >= 11 is 0. The number of hydrogen-bond donors (Lipinski definition) is 3. The Morgan fingerprint density at radius 1 is 1.60 bits per heavy atom. The number of nitrogens with one attached hydrogen (secondary N) is 2. The lowest BCUT2D eigenvalue weighted by Gasteiger charge is -2.21. The van der Waals surface area contributed by atoms with Gasteiger partial charge in [0, 0.05) is 6.20 Å². The second-order valence-electron chi connectivity index (χ2n) is 4.13. The van der Waals surface area contributed by atoms with Gasteiger partial charge in [0.15, 0.2) is 0 Å². The molecule has 1 aromatic heterocycles. The highest BCUT2D eigenvalue weighted by Crippen LogP contribution is 2.27. The number of aromatic amines is 1. The molecule has 1 fully saturated rings. The van der Waals surface area contributed by atoms with E-state index in [-0.39, 0.29) is 5.91 Å². The molecule has 15 heavy (non-hydrogen) atoms. The Balaban J connectivity index is 1.87. The number of amides is 1. The van der Waals surface area contributed by atoms with Gasteiger partial charge in [0.05, 0.1) is 17.8 Å². The molecule has 5 heteroatoms. The predicted octanol–water partition coefficient (Wildman–Crippen LogP) is 0.297. The number of aromatic nitrogens is 2. The fourth-order valence-electron chi connectivity index (χ4n) is 1.97. The van der Waals surface area contributed by atoms with Crippen molar-refractivity contribution >= 4 is 5.91 Å². The van der Waals surface area contributed by atoms with E-state index < -0.39 is 5.54 Å². The van der Waals surface area contributed by atoms with Crippen LogP contribution in [0.25, 0.3) is 0 Å². The zero-order chi connectivity index (χ0) is 10.7. The van der Waals surface area contributed by atoms with Crippen molar-refractivity contribution in [2.24, 2.45) is 5.73 Å². The summed E-state index contributed by atoms with van der Waals surface area (Å²) in [5.74, 6) is -0.0467. The standard InChI is InChI=1S/C10H16N4O/c11-10(4-1-2-5-10)9(15)12-7-8-3-6-13-14-8/h3,6H,1-2,4-5,7,11H2,(H,12,15)(H,13,14). The lowest BCUT2D eigenvalue weighted by atomic mass is 9.98. The molecule has 1 amide bonds. The van der Waals surface area contributed by atoms with Crippen LogP contribution in [0.2, 0.25) is 0 Å². The second kappa shape index (κ2) is 4.02. The van der Waals surface area contributed by atoms with Crippen LogP contribution < -0.4 is 11.1 Å². The first-order valence-corrected chi connectivity index (χ1v) is 5.26. The van der Waals surface area contributed by atoms with Gasteiger partial charge in [-0.1, -0.05) is 12.8 Å². The van der Waals surface area contributed by atoms with Gasteiger partial charge in [-0.15, -0.1) is 0 Å². The predicted molar refractivity (Wildman–Crippen MR) is 55.8 cm³/mol. The lowest BCUT2D eigenvalue weighted by Crippen LogP contribution is -2.51. The monoisotopic (exact) mass is 208 g/mol. The first-order chi connectivity index (χ1) is 7.21. The topological polar surface area (TPSA) is 83.8 Å². The fraction of sp³-hybridized carbons (Fsp3) is 0.600. The quantitative estimate of drug-likeness (QED) is 0.668. The molecule has 2 rings (SSSR count). The van der Waals surface area contributed by atoms with Crippen molar-refractivity contribution in [3.63, 3.8) is 0 Å². The van der Waals surface area contributed by atoms with Gasteiger partial charge in [-0.25, -0.2) is 0 Å². The van der Waals surface area contributed by atoms with Gasteiger partial charge in [0.1, 0.15) is 0 Å². The normalized spacial score (nSPS) is 19.0. The van der Waals surface area contributed by atoms with Gasteiger partial charge in [0.25, 0.3) is 0 Å². The number of hydrogen-bond acceptors (Lipinski definition) is 3. The highest BCUT2D eigenvalue weighted by atomic mass is 16.2. The molecule has 1 aromatic rings. The second-order valence-corrected chi connectivity index (χ2v) is 4.13. The van der Waals surface area contributed by atoms with Crippen LogP contribution in [0, 0.1) is 0 Å². The minimum Gasteiger partial charge on any atom is -0.349 e. The molecule has 0 saturated heterocycles. The molecule has 82 valence electrons. The van der Waals surface area contributed by atoms with Crippen LogP contribution in [0.5, 0.6) is 0 Å². The maximum atomic E-state index is 11.8. The Morgan fingerprint density at radius 2 is 2.33 bits per heavy atom. The maximum Gasteiger partial charge on any atom is 0.240 e. The third-order valence-electron chi connectivity index (χ3n) is 2.95. The van der Waals surface area contributed by atoms with Crippen molar-refractivity contribution in [2.45, 2.75) is 37.8 Å². The molecule has 0 aromatic carbocycles. The first kappa shape index (κ1) is 10.2. The smallest absolute Gasteiger partial charge is 0.240 e. The number of H-pyrrole nitrogens is 1. The molecule has 4 N–H and O–H groups in total. The Bertz CT molecular complexity index is 327. The van der Waals surface area contributed by atoms with Crippen LogP contribution in [-0.4, -0.2) is 21.6 Å². The molecule has 0 spiro atoms. The summed E-state index contributed by atoms with van der Waals surface area (Å²) in [6.07, 6.45) is 5.35. The average molecular weight is 208 g/mol. The van der Waals surface area contributed by atoms with Crippen molar-refractivity contribution in [1.29, 1.82) is 0 Å². The number of nitrogens with two attached hydrogens (primary N) is 1. The molecule has 0 unspecified atom stereocenters. The van der Waals surface area contributed by atoms with Gasteiger partial charge >= 0.3 is 0 Å². The summed E-state index contributed by atoms with van der Waals surface area (Å²) in [6, 6.07) is 1.83. The van der Waals surface area contributed by atoms with E-state index in [1.54, 1.807) is 6.20 Å². The first-order valence-electron chi connectivity index (χ1n) is 5.26. The highest BCUT2D eigenvalue weighted by Gasteiger charge is 2.36. The van der Waals surface area contributed by atoms with Crippen LogP contribution in [0.4, 0.5) is 0 Å². The zero-order valence-corrected chi connectivity index (χ0v) is 8.62. The van der Waals surface area contributed by atoms with Gasteiger partial charge in [-0.05, 0) is 18.9 Å². The molecule has 1 saturated carbocycles. The molecule has 1 aliphatic carbocycles. The Morgan fingerprint density at radius 3 is 2.93 bits per heavy atom. The molecule has 0 bridgehead atoms. The van der Waals surface area contributed by atoms with Gasteiger partial charge in [-0.3, -0.25) is 9.89 Å². The van der Waals surface area contributed by atoms with E-state index in [1.807, 2.05) is 6.07 Å². The SMILES string of the molecule is NC1(C(=O)NCc2ccn[nH]2)CCCC1. The number of nitrogens with zero attached hydrogens (tertiary/aromatic N) is 1. The van der Waals surface area contributed by atoms with Crippen LogP contribution >= 0.6 is 0 Å². The Labute approximate surface area is 88.4 Å². The minimum absolute atomic E-state index is 0.0467. The molecule has 5 nitrogen and oxygen atoms in total. The van der Waals surface area contributed by atoms with E-state index in [9.17, 15) is 4.79 Å². The van der Waals surface area contributed by atoms with Crippen molar-refractivity contribution in [2.75, 3.05) is 0 Å². The van der Waals surface area contributed by atoms with E-state index >= 15 is 0 Å². The summed E-state index contributed by atoms with van der Waals surface area (Å²) in [4.78, 5) is 11.8. The van der Waals surface area contributed by atoms with E-state index in [0.29, 0.717) is 6.54 Å². The average Bonchev–Trinajstić information content (AvgIpc) is 2.85. The van der Waals surface area contributed by atoms with Crippen molar-refractivity contribution in [3.8, 4) is 0 Å². The summed E-state index contributed by atoms with van der Waals surface area (Å²) in [6.45, 7) is 0.470. The summed E-state index contributed by atoms with van der Waals surface area (Å²) < 4.78 is 0. The number of rotatable bonds is 3. The minimum atomic E-state index is -0.639. The summed E-state index contributed by atoms with van der Waals surface area (Å²) in [5, 5.41) is 9.43. The fourth-order valence-corrected chi connectivity index (χ4v) is 1.97. The van der Waals surface area contributed by atoms with Gasteiger partial charge in [0.2, 0.25) is 5.91 Å². The van der Waals surface area contributed by atoms with Crippen LogP contribution in [0.3, 0.4) is 0 Å². The van der Waals surface area contributed by atoms with Crippen molar-refractivity contribution in [1.82, 2.24) is 15.5 Å². The van der Waals surface area contributed by atoms with Crippen LogP contribution in [0.1, 0.15) is 31.4 Å². The molecule has 0 radical (unpaired) electrons. The van der Waals surface area contributed by atoms with Crippen molar-refractivity contribution < 1.29 is 4.79 Å². The molecular formula is C10H16N4O. The molecule has 0 aliphatic heterocycles. The molecular weight excluding hydrogens is 192 g/mol. The summed E-state index contributed by atoms with van der Waals surface area (Å²) in [5.41, 5.74) is 6.26. The maximum absolute atomic E-state index is 11.8. The van der Waals surface area contributed by atoms with E-state index in [0.717, 1.165) is 31.4 Å². The molecule has 1 heterocycles. The van der Waals surface area contributed by atoms with Crippen LogP contribution in [-0.2, 0) is 11.3 Å². The number of carbonyl (C=O) groups is 1. The summed E-state index contributed by atoms with van der Waals surface area (Å²) in [7, 11) is 0. The third kappa shape index (κ3) is 2.18. The highest BCUT2D eigenvalue weighted by molar-refractivity contribution is 5.86. The van der Waals surface area contributed by atoms with Gasteiger partial charge < -0.3 is 11.1 Å². The number of carbonyl (C=O) groups excluding carboxylic acids is 1. The van der Waals surface area contributed by atoms with Gasteiger partial charge in [-0.2, -0.15) is 5.10 Å². The Kier molecular flexibility index (Phi) is 2.73.